The minimum Gasteiger partial charge on any atom is -0.353 e. The topological polar surface area (TPSA) is 55.1 Å². The van der Waals surface area contributed by atoms with Crippen molar-refractivity contribution in [1.82, 2.24) is 5.32 Å². The van der Waals surface area contributed by atoms with E-state index in [0.717, 1.165) is 57.9 Å². The summed E-state index contributed by atoms with van der Waals surface area (Å²) in [5.41, 5.74) is 7.35. The van der Waals surface area contributed by atoms with Gasteiger partial charge in [0.1, 0.15) is 0 Å². The minimum absolute atomic E-state index is 0.0893. The Morgan fingerprint density at radius 3 is 2.52 bits per heavy atom. The third-order valence-corrected chi connectivity index (χ3v) is 9.43. The Morgan fingerprint density at radius 1 is 1.07 bits per heavy atom. The highest BCUT2D eigenvalue weighted by molar-refractivity contribution is 6.17. The molecule has 1 aromatic carbocycles. The van der Waals surface area contributed by atoms with E-state index in [2.05, 4.69) is 35.6 Å². The number of hydrogen-bond donors (Lipinski definition) is 2. The van der Waals surface area contributed by atoms with Gasteiger partial charge in [-0.15, -0.1) is 11.6 Å². The molecule has 4 heteroatoms. The van der Waals surface area contributed by atoms with Crippen LogP contribution in [-0.2, 0) is 10.2 Å². The highest BCUT2D eigenvalue weighted by Gasteiger charge is 2.74. The van der Waals surface area contributed by atoms with Crippen molar-refractivity contribution >= 4 is 17.5 Å². The van der Waals surface area contributed by atoms with Gasteiger partial charge in [0.25, 0.3) is 0 Å². The van der Waals surface area contributed by atoms with E-state index in [1.807, 2.05) is 0 Å². The molecule has 1 amide bonds. The molecule has 29 heavy (non-hydrogen) atoms. The lowest BCUT2D eigenvalue weighted by Crippen LogP contribution is -2.51. The van der Waals surface area contributed by atoms with Gasteiger partial charge in [0.05, 0.1) is 5.41 Å². The van der Waals surface area contributed by atoms with E-state index < -0.39 is 0 Å². The summed E-state index contributed by atoms with van der Waals surface area (Å²) in [6.45, 7) is 0.782. The molecule has 0 saturated heterocycles. The third kappa shape index (κ3) is 2.98. The summed E-state index contributed by atoms with van der Waals surface area (Å²) >= 11 is 6.34. The molecule has 0 aliphatic heterocycles. The number of nitrogens with two attached hydrogens (primary N) is 1. The lowest BCUT2D eigenvalue weighted by atomic mass is 9.63. The van der Waals surface area contributed by atoms with E-state index in [1.54, 1.807) is 0 Å². The van der Waals surface area contributed by atoms with Crippen LogP contribution >= 0.6 is 11.6 Å². The number of nitrogens with one attached hydrogen (secondary N) is 1. The van der Waals surface area contributed by atoms with E-state index in [0.29, 0.717) is 29.7 Å². The number of hydrogen-bond acceptors (Lipinski definition) is 2. The molecule has 5 fully saturated rings. The summed E-state index contributed by atoms with van der Waals surface area (Å²) in [7, 11) is 0. The first kappa shape index (κ1) is 19.9. The van der Waals surface area contributed by atoms with Crippen molar-refractivity contribution in [2.45, 2.75) is 75.7 Å². The molecule has 6 rings (SSSR count). The molecule has 5 aliphatic rings. The number of carbonyl (C=O) groups is 1. The normalized spacial score (nSPS) is 42.9. The van der Waals surface area contributed by atoms with Crippen LogP contribution in [0, 0.1) is 22.7 Å². The molecule has 5 saturated carbocycles. The van der Waals surface area contributed by atoms with Crippen LogP contribution in [0.2, 0.25) is 0 Å². The van der Waals surface area contributed by atoms with Gasteiger partial charge in [-0.25, -0.2) is 0 Å². The standard InChI is InChI=1S/C25H35ClN2O/c26-11-10-24-13-19-12-23(16-24,20-4-2-1-3-5-20)17-25(24,14-19)22(29)28-21-8-6-18(15-27)7-9-21/h1-5,18-19,21H,6-17,27H2,(H,28,29)/t18-,19?,21-,23-,24-,25?/m1/s1. The van der Waals surface area contributed by atoms with Crippen molar-refractivity contribution in [3.05, 3.63) is 35.9 Å². The quantitative estimate of drug-likeness (QED) is 0.659. The van der Waals surface area contributed by atoms with Crippen molar-refractivity contribution in [3.63, 3.8) is 0 Å². The zero-order valence-corrected chi connectivity index (χ0v) is 18.2. The van der Waals surface area contributed by atoms with Crippen LogP contribution < -0.4 is 11.1 Å². The van der Waals surface area contributed by atoms with Crippen molar-refractivity contribution in [3.8, 4) is 0 Å². The second-order valence-corrected chi connectivity index (χ2v) is 11.1. The maximum absolute atomic E-state index is 13.9. The molecular weight excluding hydrogens is 380 g/mol. The molecule has 2 unspecified atom stereocenters. The molecule has 3 N–H and O–H groups in total. The first-order valence-corrected chi connectivity index (χ1v) is 12.2. The molecule has 4 atom stereocenters. The second-order valence-electron chi connectivity index (χ2n) is 10.7. The van der Waals surface area contributed by atoms with Crippen LogP contribution in [0.4, 0.5) is 0 Å². The molecule has 0 radical (unpaired) electrons. The van der Waals surface area contributed by atoms with E-state index in [1.165, 1.54) is 18.4 Å². The van der Waals surface area contributed by atoms with Gasteiger partial charge < -0.3 is 11.1 Å². The van der Waals surface area contributed by atoms with E-state index in [4.69, 9.17) is 17.3 Å². The van der Waals surface area contributed by atoms with Gasteiger partial charge >= 0.3 is 0 Å². The van der Waals surface area contributed by atoms with Crippen LogP contribution in [0.1, 0.15) is 69.8 Å². The first-order valence-electron chi connectivity index (χ1n) is 11.7. The van der Waals surface area contributed by atoms with Crippen molar-refractivity contribution < 1.29 is 4.79 Å². The number of carbonyl (C=O) groups excluding carboxylic acids is 1. The Labute approximate surface area is 180 Å². The fourth-order valence-electron chi connectivity index (χ4n) is 8.16. The summed E-state index contributed by atoms with van der Waals surface area (Å²) in [6, 6.07) is 11.3. The Bertz CT molecular complexity index is 761. The van der Waals surface area contributed by atoms with Crippen molar-refractivity contribution in [1.29, 1.82) is 0 Å². The van der Waals surface area contributed by atoms with Gasteiger partial charge in [-0.05, 0) is 99.0 Å². The number of halogens is 1. The minimum atomic E-state index is -0.217. The van der Waals surface area contributed by atoms with Gasteiger partial charge in [-0.3, -0.25) is 4.79 Å². The second kappa shape index (κ2) is 7.27. The molecule has 5 aliphatic carbocycles. The maximum Gasteiger partial charge on any atom is 0.227 e. The van der Waals surface area contributed by atoms with Gasteiger partial charge in [0, 0.05) is 11.9 Å². The molecule has 1 aromatic rings. The van der Waals surface area contributed by atoms with E-state index >= 15 is 0 Å². The molecule has 158 valence electrons. The van der Waals surface area contributed by atoms with Crippen LogP contribution in [0.25, 0.3) is 0 Å². The lowest BCUT2D eigenvalue weighted by molar-refractivity contribution is -0.137. The first-order chi connectivity index (χ1) is 14.0. The van der Waals surface area contributed by atoms with Crippen LogP contribution in [0.15, 0.2) is 30.3 Å². The molecule has 3 nitrogen and oxygen atoms in total. The summed E-state index contributed by atoms with van der Waals surface area (Å²) < 4.78 is 0. The smallest absolute Gasteiger partial charge is 0.227 e. The van der Waals surface area contributed by atoms with Crippen LogP contribution in [-0.4, -0.2) is 24.4 Å². The summed E-state index contributed by atoms with van der Waals surface area (Å²) in [6.07, 6.45) is 11.1. The Morgan fingerprint density at radius 2 is 1.83 bits per heavy atom. The van der Waals surface area contributed by atoms with Gasteiger partial charge in [0.2, 0.25) is 5.91 Å². The molecule has 0 spiro atoms. The molecular formula is C25H35ClN2O. The number of amides is 1. The van der Waals surface area contributed by atoms with Crippen molar-refractivity contribution in [2.75, 3.05) is 12.4 Å². The Hall–Kier alpha value is -1.06. The Kier molecular flexibility index (Phi) is 4.98. The number of rotatable bonds is 6. The summed E-state index contributed by atoms with van der Waals surface area (Å²) in [4.78, 5) is 13.9. The van der Waals surface area contributed by atoms with Gasteiger partial charge in [-0.1, -0.05) is 30.3 Å². The highest BCUT2D eigenvalue weighted by atomic mass is 35.5. The summed E-state index contributed by atoms with van der Waals surface area (Å²) in [5.74, 6) is 2.32. The van der Waals surface area contributed by atoms with Gasteiger partial charge in [0.15, 0.2) is 0 Å². The van der Waals surface area contributed by atoms with E-state index in [-0.39, 0.29) is 16.2 Å². The van der Waals surface area contributed by atoms with Crippen LogP contribution in [0.5, 0.6) is 0 Å². The van der Waals surface area contributed by atoms with E-state index in [9.17, 15) is 4.79 Å². The monoisotopic (exact) mass is 414 g/mol. The number of alkyl halides is 1. The van der Waals surface area contributed by atoms with Crippen LogP contribution in [0.3, 0.4) is 0 Å². The average molecular weight is 415 g/mol. The number of benzene rings is 1. The largest absolute Gasteiger partial charge is 0.353 e. The van der Waals surface area contributed by atoms with Crippen molar-refractivity contribution in [2.24, 2.45) is 28.4 Å². The zero-order chi connectivity index (χ0) is 20.1. The molecule has 4 bridgehead atoms. The fourth-order valence-corrected chi connectivity index (χ4v) is 8.53. The SMILES string of the molecule is NC[C@H]1CC[C@H](NC(=O)C23CC4C[C@](c5ccccc5)(C2)C[C@@]3(CCCl)C4)CC1. The highest BCUT2D eigenvalue weighted by Crippen LogP contribution is 2.77. The predicted molar refractivity (Wildman–Crippen MR) is 118 cm³/mol. The van der Waals surface area contributed by atoms with Gasteiger partial charge in [-0.2, -0.15) is 0 Å². The molecule has 0 heterocycles. The fraction of sp³-hybridized carbons (Fsp3) is 0.720. The zero-order valence-electron chi connectivity index (χ0n) is 17.5. The molecule has 0 aromatic heterocycles. The lowest BCUT2D eigenvalue weighted by Gasteiger charge is -2.41. The predicted octanol–water partition coefficient (Wildman–Crippen LogP) is 4.77. The Balaban J connectivity index is 1.43. The summed E-state index contributed by atoms with van der Waals surface area (Å²) in [5, 5.41) is 3.54. The maximum atomic E-state index is 13.9. The third-order valence-electron chi connectivity index (χ3n) is 9.24. The average Bonchev–Trinajstić information content (AvgIpc) is 3.08.